The van der Waals surface area contributed by atoms with Gasteiger partial charge in [-0.05, 0) is 37.5 Å². The number of methoxy groups -OCH3 is 1. The van der Waals surface area contributed by atoms with Gasteiger partial charge in [0, 0.05) is 67.5 Å². The highest BCUT2D eigenvalue weighted by Gasteiger charge is 2.26. The van der Waals surface area contributed by atoms with Gasteiger partial charge in [0.05, 0.1) is 44.1 Å². The van der Waals surface area contributed by atoms with Gasteiger partial charge in [-0.1, -0.05) is 0 Å². The van der Waals surface area contributed by atoms with Gasteiger partial charge in [0.1, 0.15) is 11.5 Å². The third-order valence-corrected chi connectivity index (χ3v) is 7.28. The molecule has 2 aromatic heterocycles. The number of morpholine rings is 1. The van der Waals surface area contributed by atoms with Crippen LogP contribution in [-0.2, 0) is 4.74 Å². The van der Waals surface area contributed by atoms with Gasteiger partial charge < -0.3 is 29.0 Å². The SMILES string of the molecule is COc1cc2c(Oc3c(F)cc(NC(=O)c4cnccc4OC4CC4)cc3F)ccnc2cc1OCCCN1CCOCC1. The van der Waals surface area contributed by atoms with E-state index >= 15 is 8.78 Å². The van der Waals surface area contributed by atoms with E-state index in [2.05, 4.69) is 20.2 Å². The molecule has 0 spiro atoms. The van der Waals surface area contributed by atoms with E-state index in [1.807, 2.05) is 0 Å². The molecule has 0 unspecified atom stereocenters. The van der Waals surface area contributed by atoms with Crippen LogP contribution in [0.2, 0.25) is 0 Å². The number of fused-ring (bicyclic) bond motifs is 1. The number of amides is 1. The van der Waals surface area contributed by atoms with Crippen molar-refractivity contribution in [2.24, 2.45) is 0 Å². The summed E-state index contributed by atoms with van der Waals surface area (Å²) in [6.07, 6.45) is 7.04. The first kappa shape index (κ1) is 29.5. The number of pyridine rings is 2. The first-order chi connectivity index (χ1) is 21.5. The predicted octanol–water partition coefficient (Wildman–Crippen LogP) is 5.60. The van der Waals surface area contributed by atoms with Crippen LogP contribution in [0.3, 0.4) is 0 Å². The van der Waals surface area contributed by atoms with Gasteiger partial charge >= 0.3 is 0 Å². The molecule has 2 fully saturated rings. The molecule has 1 saturated heterocycles. The average molecular weight is 607 g/mol. The number of hydrogen-bond acceptors (Lipinski definition) is 9. The third kappa shape index (κ3) is 6.98. The maximum Gasteiger partial charge on any atom is 0.261 e. The molecule has 1 aliphatic heterocycles. The van der Waals surface area contributed by atoms with E-state index < -0.39 is 23.3 Å². The summed E-state index contributed by atoms with van der Waals surface area (Å²) >= 11 is 0. The largest absolute Gasteiger partial charge is 0.493 e. The molecule has 3 heterocycles. The van der Waals surface area contributed by atoms with Crippen molar-refractivity contribution < 1.29 is 37.3 Å². The van der Waals surface area contributed by atoms with Crippen molar-refractivity contribution >= 4 is 22.5 Å². The van der Waals surface area contributed by atoms with Crippen LogP contribution in [0.5, 0.6) is 28.7 Å². The summed E-state index contributed by atoms with van der Waals surface area (Å²) in [5.41, 5.74) is 0.574. The van der Waals surface area contributed by atoms with Gasteiger partial charge in [-0.2, -0.15) is 0 Å². The summed E-state index contributed by atoms with van der Waals surface area (Å²) in [6, 6.07) is 8.43. The lowest BCUT2D eigenvalue weighted by molar-refractivity contribution is 0.0357. The second-order valence-corrected chi connectivity index (χ2v) is 10.5. The van der Waals surface area contributed by atoms with Crippen LogP contribution in [0, 0.1) is 11.6 Å². The van der Waals surface area contributed by atoms with Gasteiger partial charge in [-0.25, -0.2) is 8.78 Å². The first-order valence-electron chi connectivity index (χ1n) is 14.5. The zero-order valence-electron chi connectivity index (χ0n) is 24.2. The van der Waals surface area contributed by atoms with Crippen LogP contribution in [-0.4, -0.2) is 73.4 Å². The molecule has 1 saturated carbocycles. The number of nitrogens with zero attached hydrogens (tertiary/aromatic N) is 3. The molecule has 1 aliphatic carbocycles. The Labute approximate surface area is 252 Å². The Kier molecular flexibility index (Phi) is 8.99. The van der Waals surface area contributed by atoms with E-state index in [-0.39, 0.29) is 23.1 Å². The minimum Gasteiger partial charge on any atom is -0.493 e. The minimum absolute atomic E-state index is 0.0594. The average Bonchev–Trinajstić information content (AvgIpc) is 3.85. The molecule has 0 radical (unpaired) electrons. The Morgan fingerprint density at radius 3 is 2.55 bits per heavy atom. The monoisotopic (exact) mass is 606 g/mol. The van der Waals surface area contributed by atoms with Gasteiger partial charge in [0.15, 0.2) is 28.9 Å². The summed E-state index contributed by atoms with van der Waals surface area (Å²) < 4.78 is 58.8. The third-order valence-electron chi connectivity index (χ3n) is 7.28. The van der Waals surface area contributed by atoms with Crippen molar-refractivity contribution in [3.05, 3.63) is 72.2 Å². The molecule has 1 amide bonds. The summed E-state index contributed by atoms with van der Waals surface area (Å²) in [5.74, 6) is -1.77. The maximum absolute atomic E-state index is 15.2. The van der Waals surface area contributed by atoms with E-state index in [4.69, 9.17) is 23.7 Å². The van der Waals surface area contributed by atoms with Gasteiger partial charge in [0.2, 0.25) is 0 Å². The van der Waals surface area contributed by atoms with Gasteiger partial charge in [-0.15, -0.1) is 0 Å². The normalized spacial score (nSPS) is 15.2. The molecule has 2 aliphatic rings. The summed E-state index contributed by atoms with van der Waals surface area (Å²) in [7, 11) is 1.51. The smallest absolute Gasteiger partial charge is 0.261 e. The number of hydrogen-bond donors (Lipinski definition) is 1. The van der Waals surface area contributed by atoms with Crippen LogP contribution in [0.4, 0.5) is 14.5 Å². The van der Waals surface area contributed by atoms with Crippen LogP contribution in [0.15, 0.2) is 55.0 Å². The summed E-state index contributed by atoms with van der Waals surface area (Å²) in [5, 5.41) is 2.99. The number of halogens is 2. The number of carbonyl (C=O) groups is 1. The molecule has 12 heteroatoms. The molecular formula is C32H32F2N4O6. The summed E-state index contributed by atoms with van der Waals surface area (Å²) in [4.78, 5) is 23.6. The number of benzene rings is 2. The van der Waals surface area contributed by atoms with Crippen LogP contribution in [0.25, 0.3) is 10.9 Å². The highest BCUT2D eigenvalue weighted by molar-refractivity contribution is 6.06. The molecule has 6 rings (SSSR count). The van der Waals surface area contributed by atoms with E-state index in [9.17, 15) is 4.79 Å². The van der Waals surface area contributed by atoms with Crippen molar-refractivity contribution in [3.8, 4) is 28.7 Å². The number of aromatic nitrogens is 2. The first-order valence-corrected chi connectivity index (χ1v) is 14.5. The van der Waals surface area contributed by atoms with Crippen molar-refractivity contribution in [2.75, 3.05) is 51.9 Å². The Bertz CT molecular complexity index is 1620. The van der Waals surface area contributed by atoms with E-state index in [1.54, 1.807) is 18.2 Å². The van der Waals surface area contributed by atoms with E-state index in [0.717, 1.165) is 64.2 Å². The van der Waals surface area contributed by atoms with Crippen LogP contribution >= 0.6 is 0 Å². The standard InChI is InChI=1S/C32H32F2N4O6/c1-40-29-17-22-26(18-30(29)42-12-2-9-38-10-13-41-14-11-38)36-8-6-27(22)44-31-24(33)15-20(16-25(31)34)37-32(39)23-19-35-7-5-28(23)43-21-3-4-21/h5-8,15-19,21H,2-4,9-14H2,1H3,(H,37,39). The highest BCUT2D eigenvalue weighted by Crippen LogP contribution is 2.39. The Hall–Kier alpha value is -4.55. The molecular weight excluding hydrogens is 574 g/mol. The molecule has 44 heavy (non-hydrogen) atoms. The zero-order valence-corrected chi connectivity index (χ0v) is 24.2. The van der Waals surface area contributed by atoms with Crippen LogP contribution < -0.4 is 24.3 Å². The number of carbonyl (C=O) groups excluding carboxylic acids is 1. The quantitative estimate of drug-likeness (QED) is 0.206. The van der Waals surface area contributed by atoms with Crippen molar-refractivity contribution in [1.29, 1.82) is 0 Å². The number of anilines is 1. The Balaban J connectivity index is 1.16. The van der Waals surface area contributed by atoms with Crippen LogP contribution in [0.1, 0.15) is 29.6 Å². The van der Waals surface area contributed by atoms with Gasteiger partial charge in [-0.3, -0.25) is 19.7 Å². The Morgan fingerprint density at radius 1 is 1.02 bits per heavy atom. The van der Waals surface area contributed by atoms with Crippen molar-refractivity contribution in [2.45, 2.75) is 25.4 Å². The fraction of sp³-hybridized carbons (Fsp3) is 0.344. The lowest BCUT2D eigenvalue weighted by Gasteiger charge is -2.26. The lowest BCUT2D eigenvalue weighted by Crippen LogP contribution is -2.37. The topological polar surface area (TPSA) is 104 Å². The Morgan fingerprint density at radius 2 is 1.80 bits per heavy atom. The highest BCUT2D eigenvalue weighted by atomic mass is 19.1. The van der Waals surface area contributed by atoms with Crippen molar-refractivity contribution in [1.82, 2.24) is 14.9 Å². The molecule has 10 nitrogen and oxygen atoms in total. The van der Waals surface area contributed by atoms with E-state index in [0.29, 0.717) is 34.8 Å². The summed E-state index contributed by atoms with van der Waals surface area (Å²) in [6.45, 7) is 4.68. The number of ether oxygens (including phenoxy) is 5. The molecule has 1 N–H and O–H groups in total. The fourth-order valence-corrected chi connectivity index (χ4v) is 4.84. The molecule has 2 aromatic carbocycles. The predicted molar refractivity (Wildman–Crippen MR) is 158 cm³/mol. The van der Waals surface area contributed by atoms with Gasteiger partial charge in [0.25, 0.3) is 5.91 Å². The fourth-order valence-electron chi connectivity index (χ4n) is 4.84. The second-order valence-electron chi connectivity index (χ2n) is 10.5. The second kappa shape index (κ2) is 13.4. The number of rotatable bonds is 12. The number of nitrogens with one attached hydrogen (secondary N) is 1. The molecule has 0 bridgehead atoms. The lowest BCUT2D eigenvalue weighted by atomic mass is 10.1. The minimum atomic E-state index is -1.00. The molecule has 0 atom stereocenters. The maximum atomic E-state index is 15.2. The molecule has 230 valence electrons. The van der Waals surface area contributed by atoms with Crippen molar-refractivity contribution in [3.63, 3.8) is 0 Å². The molecule has 4 aromatic rings. The zero-order chi connectivity index (χ0) is 30.5. The van der Waals surface area contributed by atoms with E-state index in [1.165, 1.54) is 31.8 Å².